The van der Waals surface area contributed by atoms with Crippen LogP contribution in [0.4, 0.5) is 5.69 Å². The van der Waals surface area contributed by atoms with Crippen LogP contribution in [-0.4, -0.2) is 23.5 Å². The summed E-state index contributed by atoms with van der Waals surface area (Å²) in [7, 11) is 0. The number of carbonyl (C=O) groups excluding carboxylic acids is 1. The van der Waals surface area contributed by atoms with Crippen molar-refractivity contribution < 1.29 is 14.7 Å². The minimum Gasteiger partial charge on any atom is -0.481 e. The molecule has 1 rings (SSSR count). The maximum absolute atomic E-state index is 12.4. The van der Waals surface area contributed by atoms with Crippen molar-refractivity contribution in [3.05, 3.63) is 28.8 Å². The number of hydrogen-bond donors (Lipinski definition) is 1. The van der Waals surface area contributed by atoms with Gasteiger partial charge in [-0.25, -0.2) is 0 Å². The lowest BCUT2D eigenvalue weighted by Crippen LogP contribution is -2.39. The predicted octanol–water partition coefficient (Wildman–Crippen LogP) is 3.36. The van der Waals surface area contributed by atoms with Gasteiger partial charge in [0.05, 0.1) is 5.92 Å². The molecule has 0 aromatic heterocycles. The molecule has 20 heavy (non-hydrogen) atoms. The van der Waals surface area contributed by atoms with Crippen LogP contribution in [0.3, 0.4) is 0 Å². The van der Waals surface area contributed by atoms with Crippen molar-refractivity contribution in [1.29, 1.82) is 0 Å². The van der Waals surface area contributed by atoms with Gasteiger partial charge in [0.1, 0.15) is 0 Å². The smallest absolute Gasteiger partial charge is 0.308 e. The molecule has 1 amide bonds. The third kappa shape index (κ3) is 3.97. The van der Waals surface area contributed by atoms with Gasteiger partial charge in [0.2, 0.25) is 5.91 Å². The zero-order valence-electron chi connectivity index (χ0n) is 12.2. The van der Waals surface area contributed by atoms with Gasteiger partial charge in [-0.3, -0.25) is 9.59 Å². The van der Waals surface area contributed by atoms with E-state index in [-0.39, 0.29) is 18.4 Å². The zero-order valence-corrected chi connectivity index (χ0v) is 12.9. The first-order chi connectivity index (χ1) is 9.23. The topological polar surface area (TPSA) is 57.6 Å². The van der Waals surface area contributed by atoms with E-state index in [0.29, 0.717) is 10.7 Å². The van der Waals surface area contributed by atoms with Crippen LogP contribution < -0.4 is 4.90 Å². The molecule has 1 aromatic rings. The summed E-state index contributed by atoms with van der Waals surface area (Å²) in [5.41, 5.74) is 1.56. The molecule has 110 valence electrons. The number of carboxylic acid groups (broad SMARTS) is 1. The number of rotatable bonds is 5. The summed E-state index contributed by atoms with van der Waals surface area (Å²) in [6.07, 6.45) is 0. The first-order valence-corrected chi connectivity index (χ1v) is 6.92. The summed E-state index contributed by atoms with van der Waals surface area (Å²) >= 11 is 5.99. The third-order valence-corrected chi connectivity index (χ3v) is 3.34. The Kier molecular flexibility index (Phi) is 5.57. The van der Waals surface area contributed by atoms with Crippen molar-refractivity contribution in [2.45, 2.75) is 27.7 Å². The highest BCUT2D eigenvalue weighted by Gasteiger charge is 2.25. The van der Waals surface area contributed by atoms with E-state index >= 15 is 0 Å². The van der Waals surface area contributed by atoms with Gasteiger partial charge < -0.3 is 10.0 Å². The highest BCUT2D eigenvalue weighted by molar-refractivity contribution is 6.31. The van der Waals surface area contributed by atoms with Crippen LogP contribution in [0, 0.1) is 18.8 Å². The van der Waals surface area contributed by atoms with Gasteiger partial charge in [-0.2, -0.15) is 0 Å². The largest absolute Gasteiger partial charge is 0.481 e. The second kappa shape index (κ2) is 6.75. The number of aliphatic carboxylic acids is 1. The van der Waals surface area contributed by atoms with Gasteiger partial charge in [-0.1, -0.05) is 38.4 Å². The lowest BCUT2D eigenvalue weighted by molar-refractivity contribution is -0.140. The summed E-state index contributed by atoms with van der Waals surface area (Å²) in [5, 5.41) is 9.58. The number of carboxylic acids is 1. The summed E-state index contributed by atoms with van der Waals surface area (Å²) in [6, 6.07) is 5.27. The zero-order chi connectivity index (χ0) is 15.4. The summed E-state index contributed by atoms with van der Waals surface area (Å²) in [6.45, 7) is 7.18. The first-order valence-electron chi connectivity index (χ1n) is 6.54. The van der Waals surface area contributed by atoms with Crippen molar-refractivity contribution in [3.63, 3.8) is 0 Å². The Hall–Kier alpha value is -1.55. The number of anilines is 1. The molecule has 0 radical (unpaired) electrons. The van der Waals surface area contributed by atoms with Gasteiger partial charge in [0, 0.05) is 23.2 Å². The molecule has 0 aliphatic heterocycles. The predicted molar refractivity (Wildman–Crippen MR) is 80.2 cm³/mol. The molecule has 0 heterocycles. The Bertz CT molecular complexity index is 514. The van der Waals surface area contributed by atoms with E-state index in [0.717, 1.165) is 5.56 Å². The van der Waals surface area contributed by atoms with Gasteiger partial charge in [0.15, 0.2) is 0 Å². The molecule has 1 aromatic carbocycles. The van der Waals surface area contributed by atoms with E-state index in [2.05, 4.69) is 0 Å². The van der Waals surface area contributed by atoms with Crippen LogP contribution in [0.5, 0.6) is 0 Å². The minimum absolute atomic E-state index is 0.108. The Morgan fingerprint density at radius 2 is 1.90 bits per heavy atom. The van der Waals surface area contributed by atoms with E-state index in [1.54, 1.807) is 32.9 Å². The average molecular weight is 298 g/mol. The first kappa shape index (κ1) is 16.5. The summed E-state index contributed by atoms with van der Waals surface area (Å²) < 4.78 is 0. The van der Waals surface area contributed by atoms with Crippen molar-refractivity contribution in [2.75, 3.05) is 11.4 Å². The maximum Gasteiger partial charge on any atom is 0.308 e. The number of nitrogens with zero attached hydrogens (tertiary/aromatic N) is 1. The van der Waals surface area contributed by atoms with Crippen molar-refractivity contribution >= 4 is 29.2 Å². The van der Waals surface area contributed by atoms with Crippen LogP contribution in [0.25, 0.3) is 0 Å². The van der Waals surface area contributed by atoms with Crippen molar-refractivity contribution in [1.82, 2.24) is 0 Å². The fraction of sp³-hybridized carbons (Fsp3) is 0.467. The fourth-order valence-corrected chi connectivity index (χ4v) is 2.01. The van der Waals surface area contributed by atoms with Crippen LogP contribution in [-0.2, 0) is 9.59 Å². The summed E-state index contributed by atoms with van der Waals surface area (Å²) in [5.74, 6) is -1.89. The molecule has 4 nitrogen and oxygen atoms in total. The van der Waals surface area contributed by atoms with Crippen LogP contribution in [0.15, 0.2) is 18.2 Å². The number of benzene rings is 1. The molecule has 0 aliphatic carbocycles. The highest BCUT2D eigenvalue weighted by Crippen LogP contribution is 2.26. The maximum atomic E-state index is 12.4. The SMILES string of the molecule is Cc1ccc(Cl)cc1N(CC(C)C(=O)O)C(=O)C(C)C. The minimum atomic E-state index is -0.925. The Morgan fingerprint density at radius 3 is 2.40 bits per heavy atom. The second-order valence-corrected chi connectivity index (χ2v) is 5.71. The monoisotopic (exact) mass is 297 g/mol. The molecule has 0 bridgehead atoms. The fourth-order valence-electron chi connectivity index (χ4n) is 1.84. The number of amides is 1. The lowest BCUT2D eigenvalue weighted by atomic mass is 10.1. The number of carbonyl (C=O) groups is 2. The molecule has 1 atom stereocenters. The van der Waals surface area contributed by atoms with Gasteiger partial charge in [0.25, 0.3) is 0 Å². The van der Waals surface area contributed by atoms with Crippen LogP contribution in [0.1, 0.15) is 26.3 Å². The quantitative estimate of drug-likeness (QED) is 0.906. The van der Waals surface area contributed by atoms with Gasteiger partial charge in [-0.05, 0) is 24.6 Å². The molecule has 0 spiro atoms. The van der Waals surface area contributed by atoms with Gasteiger partial charge >= 0.3 is 5.97 Å². The lowest BCUT2D eigenvalue weighted by Gasteiger charge is -2.28. The second-order valence-electron chi connectivity index (χ2n) is 5.27. The summed E-state index contributed by atoms with van der Waals surface area (Å²) in [4.78, 5) is 24.9. The van der Waals surface area contributed by atoms with Crippen molar-refractivity contribution in [2.24, 2.45) is 11.8 Å². The molecule has 0 aliphatic rings. The van der Waals surface area contributed by atoms with Gasteiger partial charge in [-0.15, -0.1) is 0 Å². The molecule has 0 fully saturated rings. The Morgan fingerprint density at radius 1 is 1.30 bits per heavy atom. The molecule has 0 saturated carbocycles. The number of aryl methyl sites for hydroxylation is 1. The Labute approximate surface area is 124 Å². The third-order valence-electron chi connectivity index (χ3n) is 3.10. The van der Waals surface area contributed by atoms with Crippen LogP contribution in [0.2, 0.25) is 5.02 Å². The van der Waals surface area contributed by atoms with E-state index in [1.807, 2.05) is 13.0 Å². The molecule has 5 heteroatoms. The molecule has 1 unspecified atom stereocenters. The number of hydrogen-bond acceptors (Lipinski definition) is 2. The van der Waals surface area contributed by atoms with E-state index in [4.69, 9.17) is 16.7 Å². The molecular weight excluding hydrogens is 278 g/mol. The standard InChI is InChI=1S/C15H20ClNO3/c1-9(2)14(18)17(8-11(4)15(19)20)13-7-12(16)6-5-10(13)3/h5-7,9,11H,8H2,1-4H3,(H,19,20). The normalized spacial score (nSPS) is 12.3. The van der Waals surface area contributed by atoms with Crippen LogP contribution >= 0.6 is 11.6 Å². The highest BCUT2D eigenvalue weighted by atomic mass is 35.5. The van der Waals surface area contributed by atoms with E-state index in [9.17, 15) is 9.59 Å². The molecular formula is C15H20ClNO3. The van der Waals surface area contributed by atoms with E-state index in [1.165, 1.54) is 4.90 Å². The van der Waals surface area contributed by atoms with Crippen molar-refractivity contribution in [3.8, 4) is 0 Å². The Balaban J connectivity index is 3.19. The van der Waals surface area contributed by atoms with E-state index < -0.39 is 11.9 Å². The number of halogens is 1. The molecule has 0 saturated heterocycles. The average Bonchev–Trinajstić information content (AvgIpc) is 2.37. The molecule has 1 N–H and O–H groups in total.